The topological polar surface area (TPSA) is 80.9 Å². The zero-order chi connectivity index (χ0) is 17.3. The zero-order valence-corrected chi connectivity index (χ0v) is 14.3. The first-order valence-electron chi connectivity index (χ1n) is 7.09. The zero-order valence-electron chi connectivity index (χ0n) is 12.7. The van der Waals surface area contributed by atoms with Gasteiger partial charge in [-0.1, -0.05) is 22.0 Å². The summed E-state index contributed by atoms with van der Waals surface area (Å²) in [5.41, 5.74) is 1.40. The van der Waals surface area contributed by atoms with Gasteiger partial charge in [0.15, 0.2) is 0 Å². The Kier molecular flexibility index (Phi) is 4.35. The smallest absolute Gasteiger partial charge is 0.342 e. The number of phenols is 1. The average Bonchev–Trinajstić information content (AvgIpc) is 2.54. The minimum absolute atomic E-state index is 0.0396. The summed E-state index contributed by atoms with van der Waals surface area (Å²) in [5, 5.41) is 9.73. The summed E-state index contributed by atoms with van der Waals surface area (Å²) in [5.74, 6) is -0.870. The Morgan fingerprint density at radius 1 is 1.29 bits per heavy atom. The number of aryl methyl sites for hydroxylation is 1. The van der Waals surface area contributed by atoms with Gasteiger partial charge in [-0.2, -0.15) is 0 Å². The molecule has 1 aromatic carbocycles. The lowest BCUT2D eigenvalue weighted by atomic mass is 10.2. The molecule has 0 aliphatic heterocycles. The quantitative estimate of drug-likeness (QED) is 0.697. The number of ether oxygens (including phenoxy) is 1. The van der Waals surface area contributed by atoms with E-state index in [-0.39, 0.29) is 23.5 Å². The monoisotopic (exact) mass is 388 g/mol. The summed E-state index contributed by atoms with van der Waals surface area (Å²) < 4.78 is 7.27. The number of benzene rings is 1. The summed E-state index contributed by atoms with van der Waals surface area (Å²) in [6.07, 6.45) is 0. The van der Waals surface area contributed by atoms with E-state index in [1.807, 2.05) is 13.0 Å². The Hall–Kier alpha value is -2.67. The summed E-state index contributed by atoms with van der Waals surface area (Å²) >= 11 is 3.23. The number of aromatic hydroxyl groups is 1. The fourth-order valence-electron chi connectivity index (χ4n) is 2.33. The molecular formula is C17H13BrN2O4. The second-order valence-corrected chi connectivity index (χ2v) is 6.10. The normalized spacial score (nSPS) is 10.8. The summed E-state index contributed by atoms with van der Waals surface area (Å²) in [4.78, 5) is 28.6. The maximum absolute atomic E-state index is 12.2. The van der Waals surface area contributed by atoms with E-state index < -0.39 is 5.97 Å². The van der Waals surface area contributed by atoms with Gasteiger partial charge in [-0.05, 0) is 37.3 Å². The standard InChI is InChI=1S/C17H13BrN2O4/c1-10-3-2-4-15-19-12(8-16(22)20(10)15)9-24-17(23)13-7-11(18)5-6-14(13)21/h2-8,21H,9H2,1H3. The molecule has 0 aliphatic carbocycles. The second kappa shape index (κ2) is 6.45. The predicted octanol–water partition coefficient (Wildman–Crippen LogP) is 2.83. The number of esters is 1. The third kappa shape index (κ3) is 3.16. The fraction of sp³-hybridized carbons (Fsp3) is 0.118. The van der Waals surface area contributed by atoms with Gasteiger partial charge in [0.25, 0.3) is 5.56 Å². The molecule has 0 unspecified atom stereocenters. The number of halogens is 1. The molecule has 0 saturated carbocycles. The maximum atomic E-state index is 12.2. The van der Waals surface area contributed by atoms with Crippen molar-refractivity contribution >= 4 is 27.5 Å². The van der Waals surface area contributed by atoms with Gasteiger partial charge in [-0.25, -0.2) is 9.78 Å². The van der Waals surface area contributed by atoms with Crippen molar-refractivity contribution in [1.29, 1.82) is 0 Å². The van der Waals surface area contributed by atoms with Crippen LogP contribution >= 0.6 is 15.9 Å². The number of hydrogen-bond acceptors (Lipinski definition) is 5. The highest BCUT2D eigenvalue weighted by molar-refractivity contribution is 9.10. The molecule has 0 aliphatic rings. The highest BCUT2D eigenvalue weighted by atomic mass is 79.9. The van der Waals surface area contributed by atoms with Crippen LogP contribution in [0.5, 0.6) is 5.75 Å². The lowest BCUT2D eigenvalue weighted by Crippen LogP contribution is -2.18. The van der Waals surface area contributed by atoms with Gasteiger partial charge in [0, 0.05) is 16.2 Å². The number of rotatable bonds is 3. The largest absolute Gasteiger partial charge is 0.507 e. The van der Waals surface area contributed by atoms with Gasteiger partial charge in [0.1, 0.15) is 23.6 Å². The van der Waals surface area contributed by atoms with Crippen molar-refractivity contribution in [2.24, 2.45) is 0 Å². The Bertz CT molecular complexity index is 998. The molecule has 0 bridgehead atoms. The summed E-state index contributed by atoms with van der Waals surface area (Å²) in [6, 6.07) is 11.1. The first kappa shape index (κ1) is 16.2. The molecule has 3 rings (SSSR count). The Morgan fingerprint density at radius 3 is 2.88 bits per heavy atom. The number of fused-ring (bicyclic) bond motifs is 1. The Balaban J connectivity index is 1.84. The summed E-state index contributed by atoms with van der Waals surface area (Å²) in [7, 11) is 0. The molecule has 24 heavy (non-hydrogen) atoms. The van der Waals surface area contributed by atoms with Crippen molar-refractivity contribution in [2.45, 2.75) is 13.5 Å². The van der Waals surface area contributed by atoms with Crippen molar-refractivity contribution in [3.63, 3.8) is 0 Å². The number of pyridine rings is 1. The van der Waals surface area contributed by atoms with Crippen LogP contribution in [0, 0.1) is 6.92 Å². The number of phenolic OH excluding ortho intramolecular Hbond substituents is 1. The Labute approximate surface area is 145 Å². The van der Waals surface area contributed by atoms with Crippen LogP contribution in [0.25, 0.3) is 5.65 Å². The van der Waals surface area contributed by atoms with Gasteiger partial charge in [0.2, 0.25) is 0 Å². The van der Waals surface area contributed by atoms with E-state index >= 15 is 0 Å². The molecule has 0 amide bonds. The lowest BCUT2D eigenvalue weighted by molar-refractivity contribution is 0.0464. The van der Waals surface area contributed by atoms with Crippen LogP contribution in [0.15, 0.2) is 51.7 Å². The average molecular weight is 389 g/mol. The first-order chi connectivity index (χ1) is 11.5. The van der Waals surface area contributed by atoms with Crippen molar-refractivity contribution in [3.05, 3.63) is 74.2 Å². The van der Waals surface area contributed by atoms with Crippen LogP contribution in [-0.2, 0) is 11.3 Å². The molecule has 1 N–H and O–H groups in total. The highest BCUT2D eigenvalue weighted by Crippen LogP contribution is 2.22. The molecule has 6 nitrogen and oxygen atoms in total. The molecule has 2 aromatic heterocycles. The number of hydrogen-bond donors (Lipinski definition) is 1. The second-order valence-electron chi connectivity index (χ2n) is 5.18. The van der Waals surface area contributed by atoms with Crippen molar-refractivity contribution in [1.82, 2.24) is 9.38 Å². The van der Waals surface area contributed by atoms with Gasteiger partial charge >= 0.3 is 5.97 Å². The third-order valence-corrected chi connectivity index (χ3v) is 3.96. The molecule has 3 aromatic rings. The molecule has 0 fully saturated rings. The minimum Gasteiger partial charge on any atom is -0.507 e. The van der Waals surface area contributed by atoms with E-state index in [0.29, 0.717) is 15.8 Å². The molecule has 0 spiro atoms. The predicted molar refractivity (Wildman–Crippen MR) is 91.1 cm³/mol. The minimum atomic E-state index is -0.694. The molecule has 2 heterocycles. The van der Waals surface area contributed by atoms with Crippen LogP contribution in [0.2, 0.25) is 0 Å². The number of carbonyl (C=O) groups excluding carboxylic acids is 1. The maximum Gasteiger partial charge on any atom is 0.342 e. The fourth-order valence-corrected chi connectivity index (χ4v) is 2.69. The third-order valence-electron chi connectivity index (χ3n) is 3.46. The highest BCUT2D eigenvalue weighted by Gasteiger charge is 2.14. The number of aromatic nitrogens is 2. The van der Waals surface area contributed by atoms with Crippen LogP contribution in [0.3, 0.4) is 0 Å². The first-order valence-corrected chi connectivity index (χ1v) is 7.89. The van der Waals surface area contributed by atoms with E-state index in [1.54, 1.807) is 18.2 Å². The van der Waals surface area contributed by atoms with Crippen LogP contribution in [0.4, 0.5) is 0 Å². The molecule has 0 saturated heterocycles. The van der Waals surface area contributed by atoms with Crippen molar-refractivity contribution in [3.8, 4) is 5.75 Å². The van der Waals surface area contributed by atoms with Crippen LogP contribution in [0.1, 0.15) is 21.7 Å². The van der Waals surface area contributed by atoms with Crippen LogP contribution < -0.4 is 5.56 Å². The van der Waals surface area contributed by atoms with Gasteiger partial charge in [-0.15, -0.1) is 0 Å². The number of nitrogens with zero attached hydrogens (tertiary/aromatic N) is 2. The van der Waals surface area contributed by atoms with Crippen LogP contribution in [-0.4, -0.2) is 20.5 Å². The molecule has 0 atom stereocenters. The molecule has 0 radical (unpaired) electrons. The SMILES string of the molecule is Cc1cccc2nc(COC(=O)c3cc(Br)ccc3O)cc(=O)n12. The van der Waals surface area contributed by atoms with E-state index in [1.165, 1.54) is 22.6 Å². The van der Waals surface area contributed by atoms with Gasteiger partial charge in [-0.3, -0.25) is 9.20 Å². The summed E-state index contributed by atoms with van der Waals surface area (Å²) in [6.45, 7) is 1.65. The van der Waals surface area contributed by atoms with E-state index in [0.717, 1.165) is 5.69 Å². The van der Waals surface area contributed by atoms with E-state index in [2.05, 4.69) is 20.9 Å². The van der Waals surface area contributed by atoms with E-state index in [9.17, 15) is 14.7 Å². The Morgan fingerprint density at radius 2 is 2.08 bits per heavy atom. The van der Waals surface area contributed by atoms with Crippen molar-refractivity contribution < 1.29 is 14.6 Å². The molecular weight excluding hydrogens is 376 g/mol. The van der Waals surface area contributed by atoms with Gasteiger partial charge < -0.3 is 9.84 Å². The van der Waals surface area contributed by atoms with E-state index in [4.69, 9.17) is 4.74 Å². The van der Waals surface area contributed by atoms with Crippen molar-refractivity contribution in [2.75, 3.05) is 0 Å². The number of carbonyl (C=O) groups is 1. The lowest BCUT2D eigenvalue weighted by Gasteiger charge is -2.08. The molecule has 122 valence electrons. The molecule has 7 heteroatoms. The van der Waals surface area contributed by atoms with Gasteiger partial charge in [0.05, 0.1) is 5.69 Å².